The van der Waals surface area contributed by atoms with Crippen LogP contribution in [0.25, 0.3) is 0 Å². The predicted molar refractivity (Wildman–Crippen MR) is 124 cm³/mol. The van der Waals surface area contributed by atoms with Crippen molar-refractivity contribution in [1.82, 2.24) is 4.90 Å². The predicted octanol–water partition coefficient (Wildman–Crippen LogP) is 7.58. The van der Waals surface area contributed by atoms with Gasteiger partial charge in [0, 0.05) is 18.5 Å². The Bertz CT molecular complexity index is 736. The van der Waals surface area contributed by atoms with E-state index in [1.165, 1.54) is 22.3 Å². The summed E-state index contributed by atoms with van der Waals surface area (Å²) >= 11 is 6.23. The molecule has 2 aliphatic rings. The van der Waals surface area contributed by atoms with Crippen LogP contribution in [0.4, 0.5) is 5.69 Å². The van der Waals surface area contributed by atoms with Gasteiger partial charge in [-0.15, -0.1) is 4.91 Å². The third-order valence-corrected chi connectivity index (χ3v) is 5.68. The van der Waals surface area contributed by atoms with Crippen LogP contribution in [0.1, 0.15) is 64.5 Å². The maximum Gasteiger partial charge on any atom is 0.126 e. The summed E-state index contributed by atoms with van der Waals surface area (Å²) < 4.78 is 0. The molecule has 0 saturated carbocycles. The molecular formula is C24H35ClN2O. The molecule has 3 rings (SSSR count). The third-order valence-electron chi connectivity index (χ3n) is 5.38. The number of fused-ring (bicyclic) bond motifs is 3. The molecule has 0 saturated heterocycles. The molecule has 2 atom stereocenters. The number of hydrogen-bond acceptors (Lipinski definition) is 3. The van der Waals surface area contributed by atoms with Gasteiger partial charge in [-0.25, -0.2) is 0 Å². The van der Waals surface area contributed by atoms with Crippen molar-refractivity contribution in [2.24, 2.45) is 5.18 Å². The number of likely N-dealkylation sites (N-methyl/N-ethyl adjacent to an activating group) is 1. The molecule has 3 nitrogen and oxygen atoms in total. The second-order valence-electron chi connectivity index (χ2n) is 6.74. The molecule has 1 aliphatic heterocycles. The Balaban J connectivity index is 0.000000921. The van der Waals surface area contributed by atoms with E-state index in [-0.39, 0.29) is 5.92 Å². The molecule has 154 valence electrons. The van der Waals surface area contributed by atoms with E-state index in [9.17, 15) is 4.91 Å². The molecule has 4 heteroatoms. The van der Waals surface area contributed by atoms with Crippen LogP contribution >= 0.6 is 11.6 Å². The Kier molecular flexibility index (Phi) is 10.4. The van der Waals surface area contributed by atoms with Gasteiger partial charge in [-0.05, 0) is 67.2 Å². The number of nitrogens with zero attached hydrogens (tertiary/aromatic N) is 2. The molecule has 0 radical (unpaired) electrons. The Morgan fingerprint density at radius 1 is 1.21 bits per heavy atom. The minimum Gasteiger partial charge on any atom is -0.302 e. The molecule has 28 heavy (non-hydrogen) atoms. The van der Waals surface area contributed by atoms with Gasteiger partial charge < -0.3 is 4.90 Å². The Labute approximate surface area is 176 Å². The van der Waals surface area contributed by atoms with Crippen LogP contribution in [0, 0.1) is 4.91 Å². The molecule has 0 amide bonds. The molecule has 1 heterocycles. The molecule has 0 bridgehead atoms. The zero-order chi connectivity index (χ0) is 21.3. The zero-order valence-corrected chi connectivity index (χ0v) is 19.0. The van der Waals surface area contributed by atoms with Crippen molar-refractivity contribution >= 4 is 17.3 Å². The smallest absolute Gasteiger partial charge is 0.126 e. The highest BCUT2D eigenvalue weighted by molar-refractivity contribution is 6.33. The van der Waals surface area contributed by atoms with Gasteiger partial charge in [0.15, 0.2) is 0 Å². The summed E-state index contributed by atoms with van der Waals surface area (Å²) in [6.07, 6.45) is 9.15. The summed E-state index contributed by atoms with van der Waals surface area (Å²) in [6, 6.07) is 4.27. The summed E-state index contributed by atoms with van der Waals surface area (Å²) in [5, 5.41) is 3.57. The van der Waals surface area contributed by atoms with Crippen LogP contribution in [-0.4, -0.2) is 24.5 Å². The van der Waals surface area contributed by atoms with Gasteiger partial charge in [-0.3, -0.25) is 0 Å². The van der Waals surface area contributed by atoms with Crippen molar-refractivity contribution < 1.29 is 0 Å². The summed E-state index contributed by atoms with van der Waals surface area (Å²) in [5.74, 6) is 0.246. The average molecular weight is 403 g/mol. The van der Waals surface area contributed by atoms with Crippen molar-refractivity contribution in [2.45, 2.75) is 65.8 Å². The van der Waals surface area contributed by atoms with E-state index in [1.54, 1.807) is 0 Å². The highest BCUT2D eigenvalue weighted by Crippen LogP contribution is 2.45. The first-order valence-corrected chi connectivity index (χ1v) is 10.8. The molecule has 1 aromatic carbocycles. The lowest BCUT2D eigenvalue weighted by molar-refractivity contribution is 0.214. The summed E-state index contributed by atoms with van der Waals surface area (Å²) in [6.45, 7) is 15.0. The normalized spacial score (nSPS) is 21.4. The minimum absolute atomic E-state index is 0.246. The lowest BCUT2D eigenvalue weighted by Crippen LogP contribution is -2.38. The summed E-state index contributed by atoms with van der Waals surface area (Å²) in [4.78, 5) is 13.6. The van der Waals surface area contributed by atoms with Crippen molar-refractivity contribution in [3.63, 3.8) is 0 Å². The van der Waals surface area contributed by atoms with Crippen LogP contribution in [0.2, 0.25) is 5.02 Å². The fraction of sp³-hybridized carbons (Fsp3) is 0.500. The first kappa shape index (κ1) is 24.3. The van der Waals surface area contributed by atoms with Crippen LogP contribution in [-0.2, 0) is 6.42 Å². The van der Waals surface area contributed by atoms with Gasteiger partial charge in [-0.2, -0.15) is 0 Å². The molecule has 1 aliphatic carbocycles. The highest BCUT2D eigenvalue weighted by Gasteiger charge is 2.36. The number of halogens is 1. The van der Waals surface area contributed by atoms with E-state index in [0.29, 0.717) is 16.8 Å². The van der Waals surface area contributed by atoms with Gasteiger partial charge >= 0.3 is 0 Å². The Morgan fingerprint density at radius 2 is 1.89 bits per heavy atom. The van der Waals surface area contributed by atoms with E-state index >= 15 is 0 Å². The molecule has 0 fully saturated rings. The zero-order valence-electron chi connectivity index (χ0n) is 18.3. The maximum atomic E-state index is 11.2. The molecule has 0 spiro atoms. The van der Waals surface area contributed by atoms with Crippen LogP contribution in [0.5, 0.6) is 0 Å². The lowest BCUT2D eigenvalue weighted by Gasteiger charge is -2.38. The van der Waals surface area contributed by atoms with Crippen molar-refractivity contribution in [1.29, 1.82) is 0 Å². The first-order valence-electron chi connectivity index (χ1n) is 10.4. The number of benzene rings is 1. The topological polar surface area (TPSA) is 32.7 Å². The van der Waals surface area contributed by atoms with Crippen LogP contribution < -0.4 is 0 Å². The van der Waals surface area contributed by atoms with Gasteiger partial charge in [0.05, 0.1) is 5.02 Å². The van der Waals surface area contributed by atoms with Crippen molar-refractivity contribution in [2.75, 3.05) is 13.6 Å². The maximum absolute atomic E-state index is 11.2. The molecule has 1 aromatic rings. The summed E-state index contributed by atoms with van der Waals surface area (Å²) in [7, 11) is 2.19. The van der Waals surface area contributed by atoms with E-state index in [0.717, 1.165) is 25.8 Å². The van der Waals surface area contributed by atoms with Crippen LogP contribution in [0.3, 0.4) is 0 Å². The van der Waals surface area contributed by atoms with Crippen LogP contribution in [0.15, 0.2) is 53.3 Å². The van der Waals surface area contributed by atoms with E-state index in [4.69, 9.17) is 11.6 Å². The third kappa shape index (κ3) is 5.21. The molecular weight excluding hydrogens is 368 g/mol. The second kappa shape index (κ2) is 12.0. The SMILES string of the molecule is C=C/C=C\C1=C(C)CCC2C1c1cc(N=O)c(Cl)cc1CCN2C.CC.CC. The average Bonchev–Trinajstić information content (AvgIpc) is 2.86. The summed E-state index contributed by atoms with van der Waals surface area (Å²) in [5.41, 5.74) is 5.51. The Hall–Kier alpha value is -1.71. The fourth-order valence-electron chi connectivity index (χ4n) is 4.07. The molecule has 0 aromatic heterocycles. The van der Waals surface area contributed by atoms with Gasteiger partial charge in [0.2, 0.25) is 0 Å². The van der Waals surface area contributed by atoms with Gasteiger partial charge in [0.25, 0.3) is 0 Å². The monoisotopic (exact) mass is 402 g/mol. The van der Waals surface area contributed by atoms with E-state index in [1.807, 2.05) is 52.0 Å². The van der Waals surface area contributed by atoms with E-state index < -0.39 is 0 Å². The van der Waals surface area contributed by atoms with Gasteiger partial charge in [-0.1, -0.05) is 69.7 Å². The molecule has 2 unspecified atom stereocenters. The standard InChI is InChI=1S/C20H23ClN2O.2C2H6/c1-4-5-6-15-13(2)7-8-19-20(15)16-12-18(22-24)17(21)11-14(16)9-10-23(19)3;2*1-2/h4-6,11-12,19-20H,1,7-10H2,2-3H3;2*1-2H3/b6-5-;;. The second-order valence-corrected chi connectivity index (χ2v) is 7.15. The Morgan fingerprint density at radius 3 is 2.50 bits per heavy atom. The largest absolute Gasteiger partial charge is 0.302 e. The van der Waals surface area contributed by atoms with Crippen molar-refractivity contribution in [3.8, 4) is 0 Å². The fourth-order valence-corrected chi connectivity index (χ4v) is 4.29. The number of rotatable bonds is 3. The number of allylic oxidation sites excluding steroid dienone is 4. The highest BCUT2D eigenvalue weighted by atomic mass is 35.5. The first-order chi connectivity index (χ1) is 13.6. The molecule has 0 N–H and O–H groups in total. The van der Waals surface area contributed by atoms with Gasteiger partial charge in [0.1, 0.15) is 5.69 Å². The number of nitroso groups, excluding NO2 is 1. The number of hydrogen-bond donors (Lipinski definition) is 0. The lowest BCUT2D eigenvalue weighted by atomic mass is 9.74. The van der Waals surface area contributed by atoms with Crippen molar-refractivity contribution in [3.05, 3.63) is 69.1 Å². The minimum atomic E-state index is 0.246. The quantitative estimate of drug-likeness (QED) is 0.385. The van der Waals surface area contributed by atoms with E-state index in [2.05, 4.69) is 36.7 Å².